The van der Waals surface area contributed by atoms with Gasteiger partial charge in [0.2, 0.25) is 5.89 Å². The van der Waals surface area contributed by atoms with E-state index in [2.05, 4.69) is 26.2 Å². The molecular weight excluding hydrogens is 332 g/mol. The first kappa shape index (κ1) is 13.6. The van der Waals surface area contributed by atoms with Crippen molar-refractivity contribution in [2.24, 2.45) is 0 Å². The van der Waals surface area contributed by atoms with Gasteiger partial charge in [-0.3, -0.25) is 4.79 Å². The van der Waals surface area contributed by atoms with Gasteiger partial charge in [-0.15, -0.1) is 0 Å². The fourth-order valence-electron chi connectivity index (χ4n) is 1.88. The Kier molecular flexibility index (Phi) is 3.83. The van der Waals surface area contributed by atoms with Crippen LogP contribution in [0.1, 0.15) is 5.89 Å². The molecule has 2 aromatic carbocycles. The summed E-state index contributed by atoms with van der Waals surface area (Å²) in [5, 5.41) is 3.07. The summed E-state index contributed by atoms with van der Waals surface area (Å²) >= 11 is 3.43. The van der Waals surface area contributed by atoms with Gasteiger partial charge in [-0.25, -0.2) is 4.98 Å². The summed E-state index contributed by atoms with van der Waals surface area (Å²) in [6, 6.07) is 15.0. The maximum absolute atomic E-state index is 11.3. The lowest BCUT2D eigenvalue weighted by molar-refractivity contribution is -0.103. The van der Waals surface area contributed by atoms with Crippen molar-refractivity contribution in [2.45, 2.75) is 0 Å². The molecule has 0 radical (unpaired) electrons. The monoisotopic (exact) mass is 342 g/mol. The number of benzene rings is 2. The van der Waals surface area contributed by atoms with E-state index < -0.39 is 0 Å². The molecule has 0 amide bonds. The average molecular weight is 343 g/mol. The number of nitrogens with zero attached hydrogens (tertiary/aromatic N) is 1. The third-order valence-electron chi connectivity index (χ3n) is 2.92. The van der Waals surface area contributed by atoms with Crippen LogP contribution >= 0.6 is 15.9 Å². The van der Waals surface area contributed by atoms with E-state index in [4.69, 9.17) is 4.42 Å². The largest absolute Gasteiger partial charge is 0.436 e. The number of rotatable bonds is 4. The molecule has 0 atom stereocenters. The minimum atomic E-state index is 0.297. The third kappa shape index (κ3) is 2.87. The summed E-state index contributed by atoms with van der Waals surface area (Å²) in [6.45, 7) is 0. The van der Waals surface area contributed by atoms with Gasteiger partial charge < -0.3 is 9.73 Å². The first-order valence-electron chi connectivity index (χ1n) is 6.30. The van der Waals surface area contributed by atoms with E-state index in [9.17, 15) is 4.79 Å². The van der Waals surface area contributed by atoms with Crippen LogP contribution in [0.15, 0.2) is 63.6 Å². The van der Waals surface area contributed by atoms with Gasteiger partial charge in [0.05, 0.1) is 11.3 Å². The highest BCUT2D eigenvalue weighted by atomic mass is 79.9. The zero-order valence-electron chi connectivity index (χ0n) is 10.9. The summed E-state index contributed by atoms with van der Waals surface area (Å²) in [7, 11) is 0. The molecule has 21 heavy (non-hydrogen) atoms. The highest BCUT2D eigenvalue weighted by Gasteiger charge is 2.10. The SMILES string of the molecule is O=CC(=CNc1ccccc1Br)c1nc2ccccc2o1. The molecule has 0 fully saturated rings. The first-order chi connectivity index (χ1) is 10.3. The Morgan fingerprint density at radius 1 is 1.14 bits per heavy atom. The normalized spacial score (nSPS) is 11.6. The van der Waals surface area contributed by atoms with Crippen LogP contribution in [0, 0.1) is 0 Å². The van der Waals surface area contributed by atoms with Crippen LogP contribution < -0.4 is 5.32 Å². The second kappa shape index (κ2) is 5.93. The molecule has 0 aliphatic rings. The molecule has 0 saturated carbocycles. The van der Waals surface area contributed by atoms with Crippen LogP contribution in [0.2, 0.25) is 0 Å². The van der Waals surface area contributed by atoms with Crippen molar-refractivity contribution in [2.75, 3.05) is 5.32 Å². The van der Waals surface area contributed by atoms with Crippen molar-refractivity contribution >= 4 is 44.6 Å². The lowest BCUT2D eigenvalue weighted by Crippen LogP contribution is -1.94. The minimum Gasteiger partial charge on any atom is -0.436 e. The predicted octanol–water partition coefficient (Wildman–Crippen LogP) is 4.24. The Bertz CT molecular complexity index is 791. The highest BCUT2D eigenvalue weighted by Crippen LogP contribution is 2.23. The van der Waals surface area contributed by atoms with Crippen LogP contribution in [0.4, 0.5) is 5.69 Å². The van der Waals surface area contributed by atoms with E-state index in [1.54, 1.807) is 6.20 Å². The van der Waals surface area contributed by atoms with E-state index in [-0.39, 0.29) is 0 Å². The molecule has 0 unspecified atom stereocenters. The van der Waals surface area contributed by atoms with E-state index in [0.717, 1.165) is 15.7 Å². The number of hydrogen-bond acceptors (Lipinski definition) is 4. The van der Waals surface area contributed by atoms with E-state index >= 15 is 0 Å². The first-order valence-corrected chi connectivity index (χ1v) is 7.09. The summed E-state index contributed by atoms with van der Waals surface area (Å²) in [4.78, 5) is 15.6. The number of fused-ring (bicyclic) bond motifs is 1. The van der Waals surface area contributed by atoms with Crippen molar-refractivity contribution in [3.63, 3.8) is 0 Å². The van der Waals surface area contributed by atoms with Gasteiger partial charge in [-0.2, -0.15) is 0 Å². The number of aldehydes is 1. The molecule has 0 aliphatic heterocycles. The van der Waals surface area contributed by atoms with Gasteiger partial charge in [0.1, 0.15) is 5.52 Å². The Hall–Kier alpha value is -2.40. The number of allylic oxidation sites excluding steroid dienone is 1. The van der Waals surface area contributed by atoms with Crippen molar-refractivity contribution in [1.29, 1.82) is 0 Å². The van der Waals surface area contributed by atoms with E-state index in [0.29, 0.717) is 23.3 Å². The molecule has 0 bridgehead atoms. The van der Waals surface area contributed by atoms with Gasteiger partial charge in [0.15, 0.2) is 11.9 Å². The Balaban J connectivity index is 1.92. The fourth-order valence-corrected chi connectivity index (χ4v) is 2.27. The van der Waals surface area contributed by atoms with E-state index in [1.165, 1.54) is 0 Å². The number of anilines is 1. The second-order valence-electron chi connectivity index (χ2n) is 4.33. The Morgan fingerprint density at radius 2 is 1.90 bits per heavy atom. The molecule has 0 aliphatic carbocycles. The molecule has 1 N–H and O–H groups in total. The third-order valence-corrected chi connectivity index (χ3v) is 3.62. The smallest absolute Gasteiger partial charge is 0.232 e. The van der Waals surface area contributed by atoms with Crippen molar-refractivity contribution in [3.8, 4) is 0 Å². The number of halogens is 1. The zero-order chi connectivity index (χ0) is 14.7. The average Bonchev–Trinajstić information content (AvgIpc) is 2.93. The number of hydrogen-bond donors (Lipinski definition) is 1. The Morgan fingerprint density at radius 3 is 2.67 bits per heavy atom. The highest BCUT2D eigenvalue weighted by molar-refractivity contribution is 9.10. The van der Waals surface area contributed by atoms with Crippen LogP contribution in [0.3, 0.4) is 0 Å². The van der Waals surface area contributed by atoms with Gasteiger partial charge in [0, 0.05) is 10.7 Å². The number of para-hydroxylation sites is 3. The van der Waals surface area contributed by atoms with Gasteiger partial charge in [-0.05, 0) is 40.2 Å². The molecule has 104 valence electrons. The number of carbonyl (C=O) groups excluding carboxylic acids is 1. The fraction of sp³-hybridized carbons (Fsp3) is 0. The van der Waals surface area contributed by atoms with Crippen molar-refractivity contribution in [3.05, 3.63) is 65.1 Å². The van der Waals surface area contributed by atoms with Gasteiger partial charge in [0.25, 0.3) is 0 Å². The van der Waals surface area contributed by atoms with Crippen LogP contribution in [0.25, 0.3) is 16.7 Å². The molecular formula is C16H11BrN2O2. The molecule has 0 spiro atoms. The predicted molar refractivity (Wildman–Crippen MR) is 85.8 cm³/mol. The summed E-state index contributed by atoms with van der Waals surface area (Å²) in [6.07, 6.45) is 2.30. The minimum absolute atomic E-state index is 0.297. The topological polar surface area (TPSA) is 55.1 Å². The van der Waals surface area contributed by atoms with Crippen LogP contribution in [-0.4, -0.2) is 11.3 Å². The summed E-state index contributed by atoms with van der Waals surface area (Å²) in [5.41, 5.74) is 2.58. The van der Waals surface area contributed by atoms with Crippen LogP contribution in [0.5, 0.6) is 0 Å². The molecule has 5 heteroatoms. The summed E-state index contributed by atoms with van der Waals surface area (Å²) in [5.74, 6) is 0.297. The molecule has 1 aromatic heterocycles. The Labute approximate surface area is 129 Å². The zero-order valence-corrected chi connectivity index (χ0v) is 12.5. The number of nitrogens with one attached hydrogen (secondary N) is 1. The molecule has 4 nitrogen and oxygen atoms in total. The molecule has 0 saturated heterocycles. The maximum atomic E-state index is 11.3. The van der Waals surface area contributed by atoms with E-state index in [1.807, 2.05) is 48.5 Å². The lowest BCUT2D eigenvalue weighted by atomic mass is 10.3. The lowest BCUT2D eigenvalue weighted by Gasteiger charge is -2.03. The molecule has 1 heterocycles. The maximum Gasteiger partial charge on any atom is 0.232 e. The number of aromatic nitrogens is 1. The second-order valence-corrected chi connectivity index (χ2v) is 5.18. The van der Waals surface area contributed by atoms with Crippen molar-refractivity contribution in [1.82, 2.24) is 4.98 Å². The quantitative estimate of drug-likeness (QED) is 0.569. The standard InChI is InChI=1S/C16H11BrN2O2/c17-12-5-1-2-6-13(12)18-9-11(10-20)16-19-14-7-3-4-8-15(14)21-16/h1-10,18H. The molecule has 3 aromatic rings. The van der Waals surface area contributed by atoms with Crippen molar-refractivity contribution < 1.29 is 9.21 Å². The number of carbonyl (C=O) groups is 1. The van der Waals surface area contributed by atoms with Gasteiger partial charge in [-0.1, -0.05) is 24.3 Å². The van der Waals surface area contributed by atoms with Crippen LogP contribution in [-0.2, 0) is 4.79 Å². The summed E-state index contributed by atoms with van der Waals surface area (Å²) < 4.78 is 6.48. The van der Waals surface area contributed by atoms with Gasteiger partial charge >= 0.3 is 0 Å². The molecule has 3 rings (SSSR count). The number of oxazole rings is 1.